The number of aryl methyl sites for hydroxylation is 1. The molecule has 0 aliphatic carbocycles. The lowest BCUT2D eigenvalue weighted by molar-refractivity contribution is -0.120. The molecule has 2 heterocycles. The molecule has 0 bridgehead atoms. The number of imidazole rings is 1. The van der Waals surface area contributed by atoms with E-state index in [0.717, 1.165) is 22.5 Å². The van der Waals surface area contributed by atoms with Crippen molar-refractivity contribution in [1.29, 1.82) is 0 Å². The third kappa shape index (κ3) is 2.32. The number of aromatic amines is 1. The van der Waals surface area contributed by atoms with Gasteiger partial charge in [0, 0.05) is 11.7 Å². The summed E-state index contributed by atoms with van der Waals surface area (Å²) in [7, 11) is 0. The molecule has 1 amide bonds. The molecule has 6 nitrogen and oxygen atoms in total. The molecule has 6 heteroatoms. The number of nitrogens with two attached hydrogens (primary N) is 1. The van der Waals surface area contributed by atoms with Crippen LogP contribution in [0.1, 0.15) is 5.82 Å². The van der Waals surface area contributed by atoms with Crippen molar-refractivity contribution in [1.82, 2.24) is 9.97 Å². The molecule has 1 aliphatic rings. The number of rotatable bonds is 2. The minimum atomic E-state index is -0.279. The molecule has 2 unspecified atom stereocenters. The summed E-state index contributed by atoms with van der Waals surface area (Å²) in [6.45, 7) is 2.72. The number of fused-ring (bicyclic) bond motifs is 1. The summed E-state index contributed by atoms with van der Waals surface area (Å²) in [6.07, 6.45) is 0. The van der Waals surface area contributed by atoms with Gasteiger partial charge in [0.25, 0.3) is 0 Å². The number of aromatic nitrogens is 2. The number of H-pyrrole nitrogens is 1. The molecule has 3 rings (SSSR count). The van der Waals surface area contributed by atoms with E-state index in [-0.39, 0.29) is 17.9 Å². The first-order valence-electron chi connectivity index (χ1n) is 6.24. The molecule has 0 spiro atoms. The van der Waals surface area contributed by atoms with Crippen molar-refractivity contribution >= 4 is 22.6 Å². The zero-order chi connectivity index (χ0) is 13.4. The Bertz CT molecular complexity index is 622. The highest BCUT2D eigenvalue weighted by Crippen LogP contribution is 2.19. The molecule has 1 fully saturated rings. The van der Waals surface area contributed by atoms with E-state index in [1.54, 1.807) is 0 Å². The highest BCUT2D eigenvalue weighted by Gasteiger charge is 2.31. The Morgan fingerprint density at radius 2 is 2.37 bits per heavy atom. The average molecular weight is 260 g/mol. The van der Waals surface area contributed by atoms with E-state index in [2.05, 4.69) is 15.3 Å². The maximum absolute atomic E-state index is 12.1. The number of hydrogen-bond donors (Lipinski definition) is 3. The van der Waals surface area contributed by atoms with Crippen LogP contribution in [0.2, 0.25) is 0 Å². The first kappa shape index (κ1) is 12.1. The highest BCUT2D eigenvalue weighted by atomic mass is 16.5. The lowest BCUT2D eigenvalue weighted by Gasteiger charge is -2.13. The number of anilines is 1. The van der Waals surface area contributed by atoms with E-state index in [1.807, 2.05) is 25.1 Å². The minimum absolute atomic E-state index is 0.0967. The molecule has 2 atom stereocenters. The fourth-order valence-corrected chi connectivity index (χ4v) is 2.29. The van der Waals surface area contributed by atoms with Gasteiger partial charge in [-0.25, -0.2) is 4.98 Å². The summed E-state index contributed by atoms with van der Waals surface area (Å²) >= 11 is 0. The van der Waals surface area contributed by atoms with Gasteiger partial charge in [-0.3, -0.25) is 4.79 Å². The number of hydrogen-bond acceptors (Lipinski definition) is 4. The van der Waals surface area contributed by atoms with Gasteiger partial charge in [0.15, 0.2) is 0 Å². The topological polar surface area (TPSA) is 93.0 Å². The molecule has 19 heavy (non-hydrogen) atoms. The lowest BCUT2D eigenvalue weighted by Crippen LogP contribution is -2.37. The van der Waals surface area contributed by atoms with Crippen molar-refractivity contribution in [2.75, 3.05) is 18.5 Å². The van der Waals surface area contributed by atoms with Gasteiger partial charge in [-0.2, -0.15) is 0 Å². The van der Waals surface area contributed by atoms with E-state index >= 15 is 0 Å². The quantitative estimate of drug-likeness (QED) is 0.744. The Kier molecular flexibility index (Phi) is 2.96. The number of benzene rings is 1. The summed E-state index contributed by atoms with van der Waals surface area (Å²) in [5, 5.41) is 2.87. The molecule has 100 valence electrons. The van der Waals surface area contributed by atoms with E-state index in [9.17, 15) is 4.79 Å². The Labute approximate surface area is 110 Å². The van der Waals surface area contributed by atoms with Crippen LogP contribution >= 0.6 is 0 Å². The molecule has 0 saturated carbocycles. The van der Waals surface area contributed by atoms with E-state index in [4.69, 9.17) is 10.5 Å². The monoisotopic (exact) mass is 260 g/mol. The summed E-state index contributed by atoms with van der Waals surface area (Å²) in [5.74, 6) is 0.476. The molecule has 1 aromatic carbocycles. The van der Waals surface area contributed by atoms with Gasteiger partial charge in [0.2, 0.25) is 5.91 Å². The second-order valence-corrected chi connectivity index (χ2v) is 4.85. The van der Waals surface area contributed by atoms with Gasteiger partial charge in [-0.05, 0) is 25.1 Å². The number of carbonyl (C=O) groups is 1. The molecule has 1 saturated heterocycles. The number of ether oxygens (including phenoxy) is 1. The van der Waals surface area contributed by atoms with Gasteiger partial charge in [-0.15, -0.1) is 0 Å². The SMILES string of the molecule is Cc1nc2ccc(NC(=O)C3COCC3N)cc2[nH]1. The van der Waals surface area contributed by atoms with Gasteiger partial charge in [0.1, 0.15) is 5.82 Å². The largest absolute Gasteiger partial charge is 0.379 e. The number of nitrogens with one attached hydrogen (secondary N) is 2. The van der Waals surface area contributed by atoms with Crippen molar-refractivity contribution in [3.05, 3.63) is 24.0 Å². The van der Waals surface area contributed by atoms with Crippen molar-refractivity contribution in [2.24, 2.45) is 11.7 Å². The second-order valence-electron chi connectivity index (χ2n) is 4.85. The first-order valence-corrected chi connectivity index (χ1v) is 6.24. The van der Waals surface area contributed by atoms with E-state index < -0.39 is 0 Å². The Morgan fingerprint density at radius 1 is 1.53 bits per heavy atom. The summed E-state index contributed by atoms with van der Waals surface area (Å²) in [4.78, 5) is 19.5. The highest BCUT2D eigenvalue weighted by molar-refractivity contribution is 5.95. The molecule has 1 aliphatic heterocycles. The third-order valence-corrected chi connectivity index (χ3v) is 3.33. The Balaban J connectivity index is 1.79. The van der Waals surface area contributed by atoms with Gasteiger partial charge >= 0.3 is 0 Å². The third-order valence-electron chi connectivity index (χ3n) is 3.33. The van der Waals surface area contributed by atoms with E-state index in [0.29, 0.717) is 13.2 Å². The van der Waals surface area contributed by atoms with Crippen LogP contribution in [-0.2, 0) is 9.53 Å². The van der Waals surface area contributed by atoms with E-state index in [1.165, 1.54) is 0 Å². The van der Waals surface area contributed by atoms with Crippen molar-refractivity contribution in [3.63, 3.8) is 0 Å². The number of nitrogens with zero attached hydrogens (tertiary/aromatic N) is 1. The zero-order valence-corrected chi connectivity index (χ0v) is 10.6. The molecular weight excluding hydrogens is 244 g/mol. The van der Waals surface area contributed by atoms with Crippen LogP contribution < -0.4 is 11.1 Å². The van der Waals surface area contributed by atoms with Crippen LogP contribution in [0.4, 0.5) is 5.69 Å². The molecule has 0 radical (unpaired) electrons. The molecule has 4 N–H and O–H groups in total. The molecule has 2 aromatic rings. The molecule has 1 aromatic heterocycles. The maximum Gasteiger partial charge on any atom is 0.231 e. The zero-order valence-electron chi connectivity index (χ0n) is 10.6. The lowest BCUT2D eigenvalue weighted by atomic mass is 10.0. The van der Waals surface area contributed by atoms with Crippen LogP contribution in [-0.4, -0.2) is 35.1 Å². The summed E-state index contributed by atoms with van der Waals surface area (Å²) in [5.41, 5.74) is 8.35. The summed E-state index contributed by atoms with van der Waals surface area (Å²) < 4.78 is 5.20. The van der Waals surface area contributed by atoms with Gasteiger partial charge < -0.3 is 20.8 Å². The van der Waals surface area contributed by atoms with Crippen molar-refractivity contribution in [2.45, 2.75) is 13.0 Å². The fourth-order valence-electron chi connectivity index (χ4n) is 2.29. The van der Waals surface area contributed by atoms with Crippen LogP contribution in [0, 0.1) is 12.8 Å². The normalized spacial score (nSPS) is 22.8. The fraction of sp³-hybridized carbons (Fsp3) is 0.385. The van der Waals surface area contributed by atoms with Crippen molar-refractivity contribution in [3.8, 4) is 0 Å². The summed E-state index contributed by atoms with van der Waals surface area (Å²) in [6, 6.07) is 5.36. The Hall–Kier alpha value is -1.92. The average Bonchev–Trinajstić information content (AvgIpc) is 2.93. The van der Waals surface area contributed by atoms with Crippen LogP contribution in [0.25, 0.3) is 11.0 Å². The predicted molar refractivity (Wildman–Crippen MR) is 71.7 cm³/mol. The smallest absolute Gasteiger partial charge is 0.231 e. The van der Waals surface area contributed by atoms with Crippen LogP contribution in [0.5, 0.6) is 0 Å². The Morgan fingerprint density at radius 3 is 3.11 bits per heavy atom. The van der Waals surface area contributed by atoms with Crippen molar-refractivity contribution < 1.29 is 9.53 Å². The predicted octanol–water partition coefficient (Wildman–Crippen LogP) is 0.784. The van der Waals surface area contributed by atoms with Gasteiger partial charge in [-0.1, -0.05) is 0 Å². The van der Waals surface area contributed by atoms with Gasteiger partial charge in [0.05, 0.1) is 30.2 Å². The minimum Gasteiger partial charge on any atom is -0.379 e. The number of carbonyl (C=O) groups excluding carboxylic acids is 1. The first-order chi connectivity index (χ1) is 9.13. The standard InChI is InChI=1S/C13H16N4O2/c1-7-15-11-3-2-8(4-12(11)16-7)17-13(18)9-5-19-6-10(9)14/h2-4,9-10H,5-6,14H2,1H3,(H,15,16)(H,17,18). The maximum atomic E-state index is 12.1. The van der Waals surface area contributed by atoms with Crippen LogP contribution in [0.15, 0.2) is 18.2 Å². The van der Waals surface area contributed by atoms with Crippen LogP contribution in [0.3, 0.4) is 0 Å². The molecular formula is C13H16N4O2. The second kappa shape index (κ2) is 4.64. The number of amides is 1.